The average Bonchev–Trinajstić information content (AvgIpc) is 2.27. The highest BCUT2D eigenvalue weighted by Gasteiger charge is 2.47. The van der Waals surface area contributed by atoms with Gasteiger partial charge in [-0.05, 0) is 12.8 Å². The highest BCUT2D eigenvalue weighted by molar-refractivity contribution is 4.85. The minimum absolute atomic E-state index is 1.10. The maximum atomic E-state index is 2.48. The van der Waals surface area contributed by atoms with Crippen LogP contribution in [0.4, 0.5) is 0 Å². The van der Waals surface area contributed by atoms with E-state index < -0.39 is 0 Å². The molecule has 2 fully saturated rings. The van der Waals surface area contributed by atoms with Crippen molar-refractivity contribution in [1.82, 2.24) is 0 Å². The SMILES string of the molecule is C[N+](C)(C)CCC[N+]1(C)C[C@H]2CC[C@@H]2C1. The fourth-order valence-electron chi connectivity index (χ4n) is 3.43. The Hall–Kier alpha value is -0.0800. The Labute approximate surface area is 95.0 Å². The molecule has 88 valence electrons. The molecule has 15 heavy (non-hydrogen) atoms. The first-order valence-corrected chi connectivity index (χ1v) is 6.52. The van der Waals surface area contributed by atoms with Crippen LogP contribution < -0.4 is 0 Å². The number of rotatable bonds is 4. The molecule has 0 spiro atoms. The minimum atomic E-state index is 1.10. The normalized spacial score (nSPS) is 33.6. The molecule has 2 nitrogen and oxygen atoms in total. The van der Waals surface area contributed by atoms with Gasteiger partial charge in [0.1, 0.15) is 0 Å². The Morgan fingerprint density at radius 3 is 2.00 bits per heavy atom. The van der Waals surface area contributed by atoms with Gasteiger partial charge in [-0.2, -0.15) is 0 Å². The van der Waals surface area contributed by atoms with E-state index in [0.717, 1.165) is 16.3 Å². The second-order valence-corrected chi connectivity index (χ2v) is 7.17. The molecule has 2 rings (SSSR count). The molecule has 1 aliphatic carbocycles. The lowest BCUT2D eigenvalue weighted by molar-refractivity contribution is -0.909. The topological polar surface area (TPSA) is 0 Å². The molecule has 0 aromatic rings. The van der Waals surface area contributed by atoms with Crippen molar-refractivity contribution in [3.8, 4) is 0 Å². The summed E-state index contributed by atoms with van der Waals surface area (Å²) in [5.41, 5.74) is 0. The first kappa shape index (κ1) is 11.4. The van der Waals surface area contributed by atoms with Gasteiger partial charge in [0.2, 0.25) is 0 Å². The zero-order valence-corrected chi connectivity index (χ0v) is 11.0. The van der Waals surface area contributed by atoms with E-state index >= 15 is 0 Å². The van der Waals surface area contributed by atoms with Gasteiger partial charge in [0.15, 0.2) is 0 Å². The van der Waals surface area contributed by atoms with Crippen LogP contribution >= 0.6 is 0 Å². The highest BCUT2D eigenvalue weighted by atomic mass is 15.4. The van der Waals surface area contributed by atoms with Gasteiger partial charge in [0, 0.05) is 18.3 Å². The van der Waals surface area contributed by atoms with Crippen LogP contribution in [0.15, 0.2) is 0 Å². The molecule has 0 N–H and O–H groups in total. The Morgan fingerprint density at radius 1 is 1.07 bits per heavy atom. The number of quaternary nitrogens is 2. The lowest BCUT2D eigenvalue weighted by Crippen LogP contribution is -2.45. The zero-order valence-electron chi connectivity index (χ0n) is 11.0. The van der Waals surface area contributed by atoms with E-state index in [2.05, 4.69) is 28.2 Å². The van der Waals surface area contributed by atoms with Crippen LogP contribution in [-0.2, 0) is 0 Å². The maximum absolute atomic E-state index is 2.48. The number of likely N-dealkylation sites (tertiary alicyclic amines) is 1. The van der Waals surface area contributed by atoms with Crippen LogP contribution in [0.25, 0.3) is 0 Å². The quantitative estimate of drug-likeness (QED) is 0.621. The van der Waals surface area contributed by atoms with Crippen LogP contribution in [0.1, 0.15) is 19.3 Å². The Kier molecular flexibility index (Phi) is 2.85. The summed E-state index contributed by atoms with van der Waals surface area (Å²) in [5, 5.41) is 0. The predicted octanol–water partition coefficient (Wildman–Crippen LogP) is 1.57. The monoisotopic (exact) mass is 212 g/mol. The molecule has 1 heterocycles. The Morgan fingerprint density at radius 2 is 1.60 bits per heavy atom. The van der Waals surface area contributed by atoms with Crippen molar-refractivity contribution in [3.63, 3.8) is 0 Å². The first-order valence-electron chi connectivity index (χ1n) is 6.52. The Balaban J connectivity index is 1.74. The molecular weight excluding hydrogens is 184 g/mol. The molecule has 0 bridgehead atoms. The van der Waals surface area contributed by atoms with Crippen LogP contribution in [0.2, 0.25) is 0 Å². The van der Waals surface area contributed by atoms with E-state index in [1.165, 1.54) is 49.9 Å². The van der Waals surface area contributed by atoms with Gasteiger partial charge >= 0.3 is 0 Å². The molecule has 0 amide bonds. The van der Waals surface area contributed by atoms with Gasteiger partial charge in [-0.25, -0.2) is 0 Å². The third-order valence-electron chi connectivity index (χ3n) is 4.45. The molecule has 1 saturated heterocycles. The van der Waals surface area contributed by atoms with Crippen molar-refractivity contribution < 1.29 is 8.97 Å². The van der Waals surface area contributed by atoms with E-state index in [9.17, 15) is 0 Å². The standard InChI is InChI=1S/C13H28N2/c1-14(2,3)8-5-9-15(4)10-12-6-7-13(12)11-15/h12-13H,5-11H2,1-4H3/q+2/t12-,13-/m1/s1. The van der Waals surface area contributed by atoms with Crippen molar-refractivity contribution in [2.45, 2.75) is 19.3 Å². The highest BCUT2D eigenvalue weighted by Crippen LogP contribution is 2.43. The molecule has 0 aromatic carbocycles. The van der Waals surface area contributed by atoms with Crippen molar-refractivity contribution in [1.29, 1.82) is 0 Å². The summed E-state index contributed by atoms with van der Waals surface area (Å²) in [6.07, 6.45) is 4.43. The smallest absolute Gasteiger partial charge is 0.0839 e. The second-order valence-electron chi connectivity index (χ2n) is 7.17. The van der Waals surface area contributed by atoms with E-state index in [1.54, 1.807) is 0 Å². The third kappa shape index (κ3) is 2.73. The van der Waals surface area contributed by atoms with Gasteiger partial charge in [0.05, 0.1) is 54.4 Å². The zero-order chi connectivity index (χ0) is 11.1. The molecular formula is C13H28N2+2. The van der Waals surface area contributed by atoms with E-state index in [4.69, 9.17) is 0 Å². The minimum Gasteiger partial charge on any atom is -0.331 e. The summed E-state index contributed by atoms with van der Waals surface area (Å²) in [6, 6.07) is 0. The van der Waals surface area contributed by atoms with Crippen LogP contribution in [-0.4, -0.2) is 63.3 Å². The molecule has 0 unspecified atom stereocenters. The van der Waals surface area contributed by atoms with Gasteiger partial charge < -0.3 is 8.97 Å². The van der Waals surface area contributed by atoms with Crippen molar-refractivity contribution >= 4 is 0 Å². The molecule has 1 aliphatic heterocycles. The second kappa shape index (κ2) is 3.74. The van der Waals surface area contributed by atoms with Gasteiger partial charge in [-0.15, -0.1) is 0 Å². The van der Waals surface area contributed by atoms with Gasteiger partial charge in [-0.1, -0.05) is 0 Å². The van der Waals surface area contributed by atoms with Crippen molar-refractivity contribution in [3.05, 3.63) is 0 Å². The third-order valence-corrected chi connectivity index (χ3v) is 4.45. The molecule has 0 radical (unpaired) electrons. The van der Waals surface area contributed by atoms with Crippen LogP contribution in [0, 0.1) is 11.8 Å². The lowest BCUT2D eigenvalue weighted by atomic mass is 9.77. The molecule has 1 saturated carbocycles. The maximum Gasteiger partial charge on any atom is 0.0839 e. The Bertz CT molecular complexity index is 217. The summed E-state index contributed by atoms with van der Waals surface area (Å²) in [7, 11) is 9.38. The van der Waals surface area contributed by atoms with Crippen molar-refractivity contribution in [2.24, 2.45) is 11.8 Å². The fourth-order valence-corrected chi connectivity index (χ4v) is 3.43. The number of nitrogens with zero attached hydrogens (tertiary/aromatic N) is 2. The van der Waals surface area contributed by atoms with E-state index in [0.29, 0.717) is 0 Å². The average molecular weight is 212 g/mol. The predicted molar refractivity (Wildman–Crippen MR) is 64.5 cm³/mol. The largest absolute Gasteiger partial charge is 0.331 e. The molecule has 2 atom stereocenters. The van der Waals surface area contributed by atoms with E-state index in [1.807, 2.05) is 0 Å². The number of fused-ring (bicyclic) bond motifs is 1. The van der Waals surface area contributed by atoms with Gasteiger partial charge in [0.25, 0.3) is 0 Å². The summed E-state index contributed by atoms with van der Waals surface area (Å²) < 4.78 is 2.49. The number of hydrogen-bond donors (Lipinski definition) is 0. The summed E-state index contributed by atoms with van der Waals surface area (Å²) in [5.74, 6) is 2.19. The van der Waals surface area contributed by atoms with Crippen LogP contribution in [0.5, 0.6) is 0 Å². The summed E-state index contributed by atoms with van der Waals surface area (Å²) >= 11 is 0. The van der Waals surface area contributed by atoms with E-state index in [-0.39, 0.29) is 0 Å². The molecule has 2 heteroatoms. The molecule has 0 aromatic heterocycles. The lowest BCUT2D eigenvalue weighted by Gasteiger charge is -2.31. The fraction of sp³-hybridized carbons (Fsp3) is 1.00. The summed E-state index contributed by atoms with van der Waals surface area (Å²) in [6.45, 7) is 5.68. The van der Waals surface area contributed by atoms with Crippen LogP contribution in [0.3, 0.4) is 0 Å². The number of hydrogen-bond acceptors (Lipinski definition) is 0. The molecule has 2 aliphatic rings. The first-order chi connectivity index (χ1) is 6.88. The summed E-state index contributed by atoms with van der Waals surface area (Å²) in [4.78, 5) is 0. The van der Waals surface area contributed by atoms with Crippen molar-refractivity contribution in [2.75, 3.05) is 54.4 Å². The van der Waals surface area contributed by atoms with Gasteiger partial charge in [-0.3, -0.25) is 0 Å².